The van der Waals surface area contributed by atoms with E-state index in [9.17, 15) is 14.4 Å². The molecule has 2 heterocycles. The summed E-state index contributed by atoms with van der Waals surface area (Å²) in [7, 11) is 1.29. The normalized spacial score (nSPS) is 19.5. The molecular weight excluding hydrogens is 462 g/mol. The lowest BCUT2D eigenvalue weighted by Gasteiger charge is -2.38. The first-order valence-electron chi connectivity index (χ1n) is 11.8. The van der Waals surface area contributed by atoms with Gasteiger partial charge in [-0.15, -0.1) is 0 Å². The van der Waals surface area contributed by atoms with Crippen molar-refractivity contribution in [2.45, 2.75) is 51.7 Å². The number of amides is 2. The molecule has 0 saturated carbocycles. The predicted molar refractivity (Wildman–Crippen MR) is 130 cm³/mol. The number of likely N-dealkylation sites (tertiary alicyclic amines) is 1. The molecule has 1 aliphatic heterocycles. The minimum absolute atomic E-state index is 0.115. The van der Waals surface area contributed by atoms with Crippen LogP contribution in [0.15, 0.2) is 36.8 Å². The van der Waals surface area contributed by atoms with Crippen LogP contribution in [0, 0.1) is 23.2 Å². The molecule has 0 bridgehead atoms. The van der Waals surface area contributed by atoms with Gasteiger partial charge in [0.15, 0.2) is 0 Å². The fourth-order valence-electron chi connectivity index (χ4n) is 4.35. The summed E-state index contributed by atoms with van der Waals surface area (Å²) in [6.07, 6.45) is 3.28. The SMILES string of the molecule is COC(=O)C1CC(C(=O)N[C@@](C)(Cc2ccc(C#N)cc2)c2cnc[nH]2)CN(C(=O)OC(C)(C)C)C1. The second kappa shape index (κ2) is 10.8. The Kier molecular flexibility index (Phi) is 8.03. The Morgan fingerprint density at radius 1 is 1.17 bits per heavy atom. The van der Waals surface area contributed by atoms with Crippen molar-refractivity contribution in [3.63, 3.8) is 0 Å². The third-order valence-corrected chi connectivity index (χ3v) is 6.14. The predicted octanol–water partition coefficient (Wildman–Crippen LogP) is 2.90. The summed E-state index contributed by atoms with van der Waals surface area (Å²) < 4.78 is 10.4. The van der Waals surface area contributed by atoms with Crippen molar-refractivity contribution < 1.29 is 23.9 Å². The molecule has 2 amide bonds. The zero-order valence-corrected chi connectivity index (χ0v) is 21.3. The number of imidazole rings is 1. The number of carbonyl (C=O) groups is 3. The first-order chi connectivity index (χ1) is 16.9. The maximum atomic E-state index is 13.6. The van der Waals surface area contributed by atoms with Crippen LogP contribution in [0.5, 0.6) is 0 Å². The van der Waals surface area contributed by atoms with E-state index in [1.807, 2.05) is 19.1 Å². The van der Waals surface area contributed by atoms with E-state index in [1.54, 1.807) is 39.1 Å². The number of esters is 1. The first kappa shape index (κ1) is 26.7. The van der Waals surface area contributed by atoms with Crippen molar-refractivity contribution in [2.75, 3.05) is 20.2 Å². The zero-order chi connectivity index (χ0) is 26.5. The number of carbonyl (C=O) groups excluding carboxylic acids is 3. The Balaban J connectivity index is 1.84. The molecule has 0 aliphatic carbocycles. The van der Waals surface area contributed by atoms with E-state index in [0.29, 0.717) is 17.7 Å². The van der Waals surface area contributed by atoms with Crippen LogP contribution in [-0.2, 0) is 31.0 Å². The standard InChI is InChI=1S/C26H33N5O5/c1-25(2,3)36-24(34)31-14-19(10-20(15-31)23(33)35-5)22(32)30-26(4,21-13-28-16-29-21)11-17-6-8-18(12-27)9-7-17/h6-9,13,16,19-20H,10-11,14-15H2,1-5H3,(H,28,29)(H,30,32)/t19?,20?,26-/m0/s1. The van der Waals surface area contributed by atoms with Gasteiger partial charge < -0.3 is 24.7 Å². The lowest BCUT2D eigenvalue weighted by molar-refractivity contribution is -0.148. The minimum Gasteiger partial charge on any atom is -0.469 e. The van der Waals surface area contributed by atoms with Gasteiger partial charge in [0.1, 0.15) is 5.60 Å². The fourth-order valence-corrected chi connectivity index (χ4v) is 4.35. The summed E-state index contributed by atoms with van der Waals surface area (Å²) in [6.45, 7) is 7.39. The largest absolute Gasteiger partial charge is 0.469 e. The van der Waals surface area contributed by atoms with Crippen LogP contribution in [0.3, 0.4) is 0 Å². The summed E-state index contributed by atoms with van der Waals surface area (Å²) in [5, 5.41) is 12.2. The molecule has 2 aromatic rings. The van der Waals surface area contributed by atoms with Crippen LogP contribution >= 0.6 is 0 Å². The zero-order valence-electron chi connectivity index (χ0n) is 21.3. The number of aromatic amines is 1. The third-order valence-electron chi connectivity index (χ3n) is 6.14. The van der Waals surface area contributed by atoms with Gasteiger partial charge >= 0.3 is 12.1 Å². The minimum atomic E-state index is -0.864. The quantitative estimate of drug-likeness (QED) is 0.588. The number of benzene rings is 1. The van der Waals surface area contributed by atoms with E-state index in [1.165, 1.54) is 18.3 Å². The molecule has 3 rings (SSSR count). The molecule has 10 nitrogen and oxygen atoms in total. The molecule has 1 aromatic heterocycles. The molecular formula is C26H33N5O5. The Hall–Kier alpha value is -3.87. The Bertz CT molecular complexity index is 1120. The van der Waals surface area contributed by atoms with Gasteiger partial charge in [-0.2, -0.15) is 5.26 Å². The maximum absolute atomic E-state index is 13.6. The van der Waals surface area contributed by atoms with Gasteiger partial charge in [0.05, 0.1) is 54.3 Å². The second-order valence-corrected chi connectivity index (χ2v) is 10.3. The van der Waals surface area contributed by atoms with E-state index < -0.39 is 35.0 Å². The van der Waals surface area contributed by atoms with Gasteiger partial charge in [0, 0.05) is 19.5 Å². The first-order valence-corrected chi connectivity index (χ1v) is 11.8. The number of methoxy groups -OCH3 is 1. The smallest absolute Gasteiger partial charge is 0.410 e. The lowest BCUT2D eigenvalue weighted by atomic mass is 9.85. The number of hydrogen-bond donors (Lipinski definition) is 2. The summed E-state index contributed by atoms with van der Waals surface area (Å²) in [5.41, 5.74) is 0.580. The third kappa shape index (κ3) is 6.62. The van der Waals surface area contributed by atoms with Crippen molar-refractivity contribution in [3.05, 3.63) is 53.6 Å². The Morgan fingerprint density at radius 3 is 2.39 bits per heavy atom. The van der Waals surface area contributed by atoms with Crippen molar-refractivity contribution >= 4 is 18.0 Å². The van der Waals surface area contributed by atoms with Gasteiger partial charge in [-0.05, 0) is 51.8 Å². The molecule has 1 aliphatic rings. The number of nitrogens with one attached hydrogen (secondary N) is 2. The molecule has 192 valence electrons. The van der Waals surface area contributed by atoms with Crippen LogP contribution in [0.25, 0.3) is 0 Å². The highest BCUT2D eigenvalue weighted by Gasteiger charge is 2.41. The van der Waals surface area contributed by atoms with Gasteiger partial charge in [0.2, 0.25) is 5.91 Å². The van der Waals surface area contributed by atoms with Crippen LogP contribution in [0.4, 0.5) is 4.79 Å². The van der Waals surface area contributed by atoms with Crippen LogP contribution in [0.1, 0.15) is 50.9 Å². The van der Waals surface area contributed by atoms with Crippen molar-refractivity contribution in [2.24, 2.45) is 11.8 Å². The molecule has 1 aromatic carbocycles. The van der Waals surface area contributed by atoms with Gasteiger partial charge in [-0.3, -0.25) is 9.59 Å². The van der Waals surface area contributed by atoms with Gasteiger partial charge in [-0.1, -0.05) is 12.1 Å². The molecule has 0 radical (unpaired) electrons. The number of hydrogen-bond acceptors (Lipinski definition) is 7. The van der Waals surface area contributed by atoms with Crippen molar-refractivity contribution in [3.8, 4) is 6.07 Å². The van der Waals surface area contributed by atoms with Crippen molar-refractivity contribution in [1.29, 1.82) is 5.26 Å². The Morgan fingerprint density at radius 2 is 1.83 bits per heavy atom. The second-order valence-electron chi connectivity index (χ2n) is 10.3. The molecule has 2 N–H and O–H groups in total. The summed E-state index contributed by atoms with van der Waals surface area (Å²) in [5.74, 6) is -2.08. The average molecular weight is 496 g/mol. The van der Waals surface area contributed by atoms with E-state index in [4.69, 9.17) is 14.7 Å². The topological polar surface area (TPSA) is 137 Å². The van der Waals surface area contributed by atoms with Gasteiger partial charge in [0.25, 0.3) is 0 Å². The fraction of sp³-hybridized carbons (Fsp3) is 0.500. The highest BCUT2D eigenvalue weighted by molar-refractivity contribution is 5.83. The monoisotopic (exact) mass is 495 g/mol. The molecule has 1 fully saturated rings. The summed E-state index contributed by atoms with van der Waals surface area (Å²) in [4.78, 5) is 47.4. The highest BCUT2D eigenvalue weighted by Crippen LogP contribution is 2.29. The molecule has 3 atom stereocenters. The highest BCUT2D eigenvalue weighted by atomic mass is 16.6. The number of piperidine rings is 1. The number of nitrogens with zero attached hydrogens (tertiary/aromatic N) is 3. The number of aromatic nitrogens is 2. The maximum Gasteiger partial charge on any atom is 0.410 e. The molecule has 1 saturated heterocycles. The lowest BCUT2D eigenvalue weighted by Crippen LogP contribution is -2.54. The average Bonchev–Trinajstić information content (AvgIpc) is 3.38. The number of ether oxygens (including phenoxy) is 2. The number of rotatable bonds is 6. The van der Waals surface area contributed by atoms with Crippen LogP contribution < -0.4 is 5.32 Å². The van der Waals surface area contributed by atoms with E-state index in [2.05, 4.69) is 21.4 Å². The van der Waals surface area contributed by atoms with Crippen LogP contribution in [-0.4, -0.2) is 58.6 Å². The van der Waals surface area contributed by atoms with Gasteiger partial charge in [-0.25, -0.2) is 9.78 Å². The number of H-pyrrole nitrogens is 1. The summed E-state index contributed by atoms with van der Waals surface area (Å²) >= 11 is 0. The van der Waals surface area contributed by atoms with E-state index >= 15 is 0 Å². The van der Waals surface area contributed by atoms with E-state index in [0.717, 1.165) is 5.56 Å². The van der Waals surface area contributed by atoms with Crippen molar-refractivity contribution in [1.82, 2.24) is 20.2 Å². The Labute approximate surface area is 211 Å². The molecule has 10 heteroatoms. The van der Waals surface area contributed by atoms with E-state index in [-0.39, 0.29) is 25.4 Å². The summed E-state index contributed by atoms with van der Waals surface area (Å²) in [6, 6.07) is 9.24. The molecule has 36 heavy (non-hydrogen) atoms. The molecule has 2 unspecified atom stereocenters. The number of nitriles is 1. The molecule has 0 spiro atoms. The van der Waals surface area contributed by atoms with Crippen LogP contribution in [0.2, 0.25) is 0 Å².